The Balaban J connectivity index is 1.75. The molecule has 0 bridgehead atoms. The maximum Gasteiger partial charge on any atom is 0.410 e. The third-order valence-electron chi connectivity index (χ3n) is 5.12. The van der Waals surface area contributed by atoms with Crippen LogP contribution in [0.2, 0.25) is 0 Å². The highest BCUT2D eigenvalue weighted by atomic mass is 16.6. The Morgan fingerprint density at radius 2 is 1.42 bits per heavy atom. The number of amides is 1. The van der Waals surface area contributed by atoms with E-state index in [1.807, 2.05) is 69.3 Å². The molecule has 4 rings (SSSR count). The van der Waals surface area contributed by atoms with Crippen LogP contribution in [0.25, 0.3) is 0 Å². The van der Waals surface area contributed by atoms with Gasteiger partial charge in [0.05, 0.1) is 24.5 Å². The molecular formula is C26H27N3O2. The highest BCUT2D eigenvalue weighted by Crippen LogP contribution is 2.36. The van der Waals surface area contributed by atoms with Crippen LogP contribution in [0.3, 0.4) is 0 Å². The summed E-state index contributed by atoms with van der Waals surface area (Å²) >= 11 is 0. The van der Waals surface area contributed by atoms with Crippen molar-refractivity contribution in [2.75, 3.05) is 5.73 Å². The molecular weight excluding hydrogens is 386 g/mol. The molecule has 31 heavy (non-hydrogen) atoms. The third kappa shape index (κ3) is 4.61. The van der Waals surface area contributed by atoms with Crippen LogP contribution in [0, 0.1) is 0 Å². The lowest BCUT2D eigenvalue weighted by molar-refractivity contribution is 0.0242. The molecule has 0 unspecified atom stereocenters. The number of ether oxygens (including phenoxy) is 1. The predicted molar refractivity (Wildman–Crippen MR) is 125 cm³/mol. The van der Waals surface area contributed by atoms with E-state index in [0.29, 0.717) is 18.8 Å². The largest absolute Gasteiger partial charge is 0.444 e. The van der Waals surface area contributed by atoms with Gasteiger partial charge >= 0.3 is 6.09 Å². The van der Waals surface area contributed by atoms with E-state index in [-0.39, 0.29) is 6.09 Å². The van der Waals surface area contributed by atoms with Crippen LogP contribution < -0.4 is 5.73 Å². The van der Waals surface area contributed by atoms with Gasteiger partial charge in [0.1, 0.15) is 5.60 Å². The van der Waals surface area contributed by atoms with Crippen molar-refractivity contribution in [3.05, 3.63) is 95.1 Å². The number of aliphatic imine (C=N–C) groups is 1. The second-order valence-corrected chi connectivity index (χ2v) is 8.66. The Kier molecular flexibility index (Phi) is 5.51. The summed E-state index contributed by atoms with van der Waals surface area (Å²) in [6.45, 7) is 6.44. The van der Waals surface area contributed by atoms with E-state index in [1.165, 1.54) is 0 Å². The first-order valence-corrected chi connectivity index (χ1v) is 10.4. The minimum Gasteiger partial charge on any atom is -0.444 e. The van der Waals surface area contributed by atoms with Crippen molar-refractivity contribution in [3.63, 3.8) is 0 Å². The molecule has 0 atom stereocenters. The molecule has 5 nitrogen and oxygen atoms in total. The van der Waals surface area contributed by atoms with Crippen LogP contribution >= 0.6 is 0 Å². The van der Waals surface area contributed by atoms with Crippen molar-refractivity contribution in [1.29, 1.82) is 0 Å². The summed E-state index contributed by atoms with van der Waals surface area (Å²) < 4.78 is 5.56. The lowest BCUT2D eigenvalue weighted by Gasteiger charge is -2.24. The Hall–Kier alpha value is -3.60. The molecule has 2 N–H and O–H groups in total. The maximum absolute atomic E-state index is 12.6. The fraction of sp³-hybridized carbons (Fsp3) is 0.231. The van der Waals surface area contributed by atoms with E-state index in [2.05, 4.69) is 24.3 Å². The van der Waals surface area contributed by atoms with Crippen LogP contribution in [0.4, 0.5) is 16.2 Å². The summed E-state index contributed by atoms with van der Waals surface area (Å²) in [5.41, 5.74) is 12.0. The number of nitrogens with two attached hydrogens (primary N) is 1. The molecule has 0 saturated heterocycles. The SMILES string of the molecule is CC(C)(C)OC(=O)N1Cc2c(N)ccc(N=C(c3ccccc3)c3ccccc3)c2C1. The molecule has 1 aliphatic heterocycles. The van der Waals surface area contributed by atoms with Gasteiger partial charge in [-0.15, -0.1) is 0 Å². The minimum absolute atomic E-state index is 0.343. The molecule has 5 heteroatoms. The fourth-order valence-corrected chi connectivity index (χ4v) is 3.67. The Labute approximate surface area is 183 Å². The first-order chi connectivity index (χ1) is 14.8. The Morgan fingerprint density at radius 1 is 0.871 bits per heavy atom. The van der Waals surface area contributed by atoms with Crippen molar-refractivity contribution in [2.45, 2.75) is 39.5 Å². The van der Waals surface area contributed by atoms with Gasteiger partial charge in [-0.25, -0.2) is 9.79 Å². The van der Waals surface area contributed by atoms with E-state index in [4.69, 9.17) is 15.5 Å². The number of nitrogen functional groups attached to an aromatic ring is 1. The number of carbonyl (C=O) groups is 1. The lowest BCUT2D eigenvalue weighted by atomic mass is 10.0. The van der Waals surface area contributed by atoms with Crippen LogP contribution in [0.15, 0.2) is 77.8 Å². The van der Waals surface area contributed by atoms with Gasteiger partial charge in [-0.05, 0) is 32.9 Å². The Morgan fingerprint density at radius 3 is 1.97 bits per heavy atom. The topological polar surface area (TPSA) is 67.9 Å². The first kappa shape index (κ1) is 20.7. The van der Waals surface area contributed by atoms with Crippen molar-refractivity contribution >= 4 is 23.2 Å². The number of anilines is 1. The predicted octanol–water partition coefficient (Wildman–Crippen LogP) is 5.69. The van der Waals surface area contributed by atoms with E-state index in [9.17, 15) is 4.79 Å². The molecule has 0 aromatic heterocycles. The quantitative estimate of drug-likeness (QED) is 0.443. The Bertz CT molecular complexity index is 1080. The van der Waals surface area contributed by atoms with Crippen molar-refractivity contribution in [2.24, 2.45) is 4.99 Å². The van der Waals surface area contributed by atoms with E-state index in [1.54, 1.807) is 4.90 Å². The van der Waals surface area contributed by atoms with Gasteiger partial charge in [0, 0.05) is 27.9 Å². The van der Waals surface area contributed by atoms with Crippen molar-refractivity contribution in [1.82, 2.24) is 4.90 Å². The maximum atomic E-state index is 12.6. The number of nitrogens with zero attached hydrogens (tertiary/aromatic N) is 2. The van der Waals surface area contributed by atoms with Crippen molar-refractivity contribution in [3.8, 4) is 0 Å². The van der Waals surface area contributed by atoms with Gasteiger partial charge in [0.15, 0.2) is 0 Å². The average molecular weight is 414 g/mol. The molecule has 3 aromatic carbocycles. The van der Waals surface area contributed by atoms with Crippen LogP contribution in [0.5, 0.6) is 0 Å². The van der Waals surface area contributed by atoms with Crippen LogP contribution in [-0.4, -0.2) is 22.3 Å². The smallest absolute Gasteiger partial charge is 0.410 e. The van der Waals surface area contributed by atoms with Gasteiger partial charge in [-0.2, -0.15) is 0 Å². The lowest BCUT2D eigenvalue weighted by Crippen LogP contribution is -2.33. The standard InChI is InChI=1S/C26H27N3O2/c1-26(2,3)31-25(30)29-16-20-21(17-29)23(15-14-22(20)27)28-24(18-10-6-4-7-11-18)19-12-8-5-9-13-19/h4-15H,16-17,27H2,1-3H3. The zero-order valence-electron chi connectivity index (χ0n) is 18.1. The van der Waals surface area contributed by atoms with E-state index >= 15 is 0 Å². The number of carbonyl (C=O) groups excluding carboxylic acids is 1. The monoisotopic (exact) mass is 413 g/mol. The number of hydrogen-bond acceptors (Lipinski definition) is 4. The number of rotatable bonds is 3. The summed E-state index contributed by atoms with van der Waals surface area (Å²) in [6, 6.07) is 24.0. The number of fused-ring (bicyclic) bond motifs is 1. The number of hydrogen-bond donors (Lipinski definition) is 1. The average Bonchev–Trinajstić information content (AvgIpc) is 3.20. The zero-order chi connectivity index (χ0) is 22.0. The molecule has 0 saturated carbocycles. The fourth-order valence-electron chi connectivity index (χ4n) is 3.67. The highest BCUT2D eigenvalue weighted by molar-refractivity contribution is 6.14. The van der Waals surface area contributed by atoms with E-state index in [0.717, 1.165) is 33.7 Å². The van der Waals surface area contributed by atoms with Gasteiger partial charge in [-0.1, -0.05) is 60.7 Å². The summed E-state index contributed by atoms with van der Waals surface area (Å²) in [4.78, 5) is 19.4. The summed E-state index contributed by atoms with van der Waals surface area (Å²) in [6.07, 6.45) is -0.343. The van der Waals surface area contributed by atoms with E-state index < -0.39 is 5.60 Å². The minimum atomic E-state index is -0.549. The molecule has 1 amide bonds. The zero-order valence-corrected chi connectivity index (χ0v) is 18.1. The molecule has 3 aromatic rings. The van der Waals surface area contributed by atoms with Gasteiger partial charge in [-0.3, -0.25) is 4.90 Å². The second kappa shape index (κ2) is 8.26. The molecule has 0 radical (unpaired) electrons. The van der Waals surface area contributed by atoms with Gasteiger partial charge in [0.2, 0.25) is 0 Å². The summed E-state index contributed by atoms with van der Waals surface area (Å²) in [5.74, 6) is 0. The molecule has 1 aliphatic rings. The van der Waals surface area contributed by atoms with Crippen molar-refractivity contribution < 1.29 is 9.53 Å². The summed E-state index contributed by atoms with van der Waals surface area (Å²) in [7, 11) is 0. The molecule has 0 aliphatic carbocycles. The van der Waals surface area contributed by atoms with Gasteiger partial charge < -0.3 is 10.5 Å². The first-order valence-electron chi connectivity index (χ1n) is 10.4. The van der Waals surface area contributed by atoms with Crippen LogP contribution in [0.1, 0.15) is 43.0 Å². The third-order valence-corrected chi connectivity index (χ3v) is 5.12. The molecule has 0 fully saturated rings. The molecule has 158 valence electrons. The van der Waals surface area contributed by atoms with Crippen LogP contribution in [-0.2, 0) is 17.8 Å². The highest BCUT2D eigenvalue weighted by Gasteiger charge is 2.30. The summed E-state index contributed by atoms with van der Waals surface area (Å²) in [5, 5.41) is 0. The normalized spacial score (nSPS) is 12.9. The molecule has 0 spiro atoms. The second-order valence-electron chi connectivity index (χ2n) is 8.66. The van der Waals surface area contributed by atoms with Gasteiger partial charge in [0.25, 0.3) is 0 Å². The number of benzene rings is 3. The molecule has 1 heterocycles.